The first-order valence-electron chi connectivity index (χ1n) is 7.34. The highest BCUT2D eigenvalue weighted by Crippen LogP contribution is 2.28. The predicted molar refractivity (Wildman–Crippen MR) is 99.4 cm³/mol. The smallest absolute Gasteiger partial charge is 0.255 e. The van der Waals surface area contributed by atoms with E-state index in [0.29, 0.717) is 15.3 Å². The van der Waals surface area contributed by atoms with E-state index >= 15 is 0 Å². The van der Waals surface area contributed by atoms with Crippen LogP contribution in [0.4, 0.5) is 10.1 Å². The van der Waals surface area contributed by atoms with E-state index in [1.165, 1.54) is 23.9 Å². The van der Waals surface area contributed by atoms with Gasteiger partial charge in [0.05, 0.1) is 0 Å². The van der Waals surface area contributed by atoms with Crippen molar-refractivity contribution in [3.8, 4) is 0 Å². The van der Waals surface area contributed by atoms with Gasteiger partial charge in [0.15, 0.2) is 5.16 Å². The molecule has 0 saturated heterocycles. The molecule has 1 aromatic heterocycles. The van der Waals surface area contributed by atoms with Gasteiger partial charge in [-0.25, -0.2) is 14.4 Å². The summed E-state index contributed by atoms with van der Waals surface area (Å²) in [7, 11) is 0. The highest BCUT2D eigenvalue weighted by molar-refractivity contribution is 9.10. The van der Waals surface area contributed by atoms with Crippen LogP contribution in [0.5, 0.6) is 0 Å². The molecule has 3 aromatic rings. The van der Waals surface area contributed by atoms with Gasteiger partial charge in [-0.05, 0) is 66.7 Å². The topological polar surface area (TPSA) is 54.9 Å². The molecule has 126 valence electrons. The Morgan fingerprint density at radius 1 is 1.16 bits per heavy atom. The molecule has 0 atom stereocenters. The molecule has 2 aromatic carbocycles. The standard InChI is InChI=1S/C18H13BrFN3OS/c1-11-7-15(25-18-21-5-2-6-22-18)3-4-16(11)23-17(24)12-8-13(19)10-14(20)9-12/h2-10H,1H3,(H,23,24). The molecule has 4 nitrogen and oxygen atoms in total. The Balaban J connectivity index is 1.76. The Labute approximate surface area is 157 Å². The molecule has 0 radical (unpaired) electrons. The summed E-state index contributed by atoms with van der Waals surface area (Å²) in [5.74, 6) is -0.832. The van der Waals surface area contributed by atoms with Crippen LogP contribution >= 0.6 is 27.7 Å². The van der Waals surface area contributed by atoms with Crippen LogP contribution in [0.15, 0.2) is 69.4 Å². The molecule has 0 aliphatic rings. The zero-order valence-corrected chi connectivity index (χ0v) is 15.6. The molecule has 0 aliphatic carbocycles. The lowest BCUT2D eigenvalue weighted by atomic mass is 10.1. The molecule has 0 spiro atoms. The van der Waals surface area contributed by atoms with Crippen LogP contribution in [-0.2, 0) is 0 Å². The minimum atomic E-state index is -0.467. The Morgan fingerprint density at radius 3 is 2.60 bits per heavy atom. The SMILES string of the molecule is Cc1cc(Sc2ncccn2)ccc1NC(=O)c1cc(F)cc(Br)c1. The van der Waals surface area contributed by atoms with E-state index in [0.717, 1.165) is 10.5 Å². The van der Waals surface area contributed by atoms with Crippen LogP contribution in [-0.4, -0.2) is 15.9 Å². The van der Waals surface area contributed by atoms with E-state index in [-0.39, 0.29) is 11.5 Å². The Morgan fingerprint density at radius 2 is 1.92 bits per heavy atom. The second-order valence-corrected chi connectivity index (χ2v) is 7.18. The largest absolute Gasteiger partial charge is 0.322 e. The van der Waals surface area contributed by atoms with Gasteiger partial charge in [-0.3, -0.25) is 4.79 Å². The number of carbonyl (C=O) groups is 1. The molecule has 0 bridgehead atoms. The fourth-order valence-electron chi connectivity index (χ4n) is 2.16. The zero-order chi connectivity index (χ0) is 17.8. The first kappa shape index (κ1) is 17.6. The Kier molecular flexibility index (Phi) is 5.45. The second-order valence-electron chi connectivity index (χ2n) is 5.22. The van der Waals surface area contributed by atoms with E-state index in [2.05, 4.69) is 31.2 Å². The molecule has 0 aliphatic heterocycles. The maximum atomic E-state index is 13.4. The van der Waals surface area contributed by atoms with Gasteiger partial charge in [-0.15, -0.1) is 0 Å². The number of amides is 1. The Bertz CT molecular complexity index is 901. The van der Waals surface area contributed by atoms with Crippen molar-refractivity contribution in [2.75, 3.05) is 5.32 Å². The molecule has 0 saturated carbocycles. The van der Waals surface area contributed by atoms with Crippen LogP contribution in [0.1, 0.15) is 15.9 Å². The maximum Gasteiger partial charge on any atom is 0.255 e. The lowest BCUT2D eigenvalue weighted by Gasteiger charge is -2.10. The molecule has 1 heterocycles. The number of nitrogens with one attached hydrogen (secondary N) is 1. The summed E-state index contributed by atoms with van der Waals surface area (Å²) >= 11 is 4.63. The van der Waals surface area contributed by atoms with Gasteiger partial charge in [0.25, 0.3) is 5.91 Å². The van der Waals surface area contributed by atoms with Gasteiger partial charge in [0.2, 0.25) is 0 Å². The molecule has 1 amide bonds. The summed E-state index contributed by atoms with van der Waals surface area (Å²) in [6, 6.07) is 11.5. The number of anilines is 1. The number of aromatic nitrogens is 2. The van der Waals surface area contributed by atoms with Crippen molar-refractivity contribution in [1.82, 2.24) is 9.97 Å². The van der Waals surface area contributed by atoms with Gasteiger partial charge in [0.1, 0.15) is 5.82 Å². The van der Waals surface area contributed by atoms with Gasteiger partial charge in [0, 0.05) is 33.0 Å². The Hall–Kier alpha value is -2.25. The summed E-state index contributed by atoms with van der Waals surface area (Å²) in [6.45, 7) is 1.90. The first-order chi connectivity index (χ1) is 12.0. The molecule has 7 heteroatoms. The monoisotopic (exact) mass is 417 g/mol. The van der Waals surface area contributed by atoms with Crippen molar-refractivity contribution >= 4 is 39.3 Å². The highest BCUT2D eigenvalue weighted by Gasteiger charge is 2.11. The minimum Gasteiger partial charge on any atom is -0.322 e. The van der Waals surface area contributed by atoms with E-state index < -0.39 is 5.82 Å². The number of rotatable bonds is 4. The fourth-order valence-corrected chi connectivity index (χ4v) is 3.44. The van der Waals surface area contributed by atoms with E-state index in [1.54, 1.807) is 24.5 Å². The van der Waals surface area contributed by atoms with Crippen molar-refractivity contribution in [2.45, 2.75) is 17.0 Å². The molecule has 1 N–H and O–H groups in total. The lowest BCUT2D eigenvalue weighted by molar-refractivity contribution is 0.102. The number of hydrogen-bond donors (Lipinski definition) is 1. The molecule has 25 heavy (non-hydrogen) atoms. The number of halogens is 2. The zero-order valence-electron chi connectivity index (χ0n) is 13.2. The second kappa shape index (κ2) is 7.76. The third-order valence-electron chi connectivity index (χ3n) is 3.32. The molecular weight excluding hydrogens is 405 g/mol. The van der Waals surface area contributed by atoms with Crippen LogP contribution in [0, 0.1) is 12.7 Å². The van der Waals surface area contributed by atoms with Gasteiger partial charge >= 0.3 is 0 Å². The minimum absolute atomic E-state index is 0.252. The van der Waals surface area contributed by atoms with E-state index in [1.807, 2.05) is 25.1 Å². The number of carbonyl (C=O) groups excluding carboxylic acids is 1. The lowest BCUT2D eigenvalue weighted by Crippen LogP contribution is -2.13. The quantitative estimate of drug-likeness (QED) is 0.600. The van der Waals surface area contributed by atoms with Gasteiger partial charge in [-0.2, -0.15) is 0 Å². The number of aryl methyl sites for hydroxylation is 1. The molecule has 0 unspecified atom stereocenters. The molecular formula is C18H13BrFN3OS. The average Bonchev–Trinajstić information content (AvgIpc) is 2.57. The van der Waals surface area contributed by atoms with Crippen LogP contribution in [0.3, 0.4) is 0 Å². The van der Waals surface area contributed by atoms with Gasteiger partial charge in [-0.1, -0.05) is 15.9 Å². The molecule has 0 fully saturated rings. The maximum absolute atomic E-state index is 13.4. The van der Waals surface area contributed by atoms with E-state index in [9.17, 15) is 9.18 Å². The summed E-state index contributed by atoms with van der Waals surface area (Å²) in [5, 5.41) is 3.46. The van der Waals surface area contributed by atoms with Crippen molar-refractivity contribution < 1.29 is 9.18 Å². The summed E-state index contributed by atoms with van der Waals surface area (Å²) < 4.78 is 14.0. The number of nitrogens with zero attached hydrogens (tertiary/aromatic N) is 2. The predicted octanol–water partition coefficient (Wildman–Crippen LogP) is 5.09. The van der Waals surface area contributed by atoms with Crippen molar-refractivity contribution in [1.29, 1.82) is 0 Å². The van der Waals surface area contributed by atoms with Gasteiger partial charge < -0.3 is 5.32 Å². The third-order valence-corrected chi connectivity index (χ3v) is 4.66. The summed E-state index contributed by atoms with van der Waals surface area (Å²) in [6.07, 6.45) is 3.38. The third kappa shape index (κ3) is 4.64. The number of benzene rings is 2. The van der Waals surface area contributed by atoms with Crippen LogP contribution in [0.2, 0.25) is 0 Å². The van der Waals surface area contributed by atoms with Crippen LogP contribution in [0.25, 0.3) is 0 Å². The normalized spacial score (nSPS) is 10.5. The number of hydrogen-bond acceptors (Lipinski definition) is 4. The fraction of sp³-hybridized carbons (Fsp3) is 0.0556. The van der Waals surface area contributed by atoms with Crippen LogP contribution < -0.4 is 5.32 Å². The van der Waals surface area contributed by atoms with E-state index in [4.69, 9.17) is 0 Å². The highest BCUT2D eigenvalue weighted by atomic mass is 79.9. The van der Waals surface area contributed by atoms with Crippen molar-refractivity contribution in [2.24, 2.45) is 0 Å². The summed E-state index contributed by atoms with van der Waals surface area (Å²) in [4.78, 5) is 21.6. The van der Waals surface area contributed by atoms with Crippen molar-refractivity contribution in [3.05, 3.63) is 76.3 Å². The summed E-state index contributed by atoms with van der Waals surface area (Å²) in [5.41, 5.74) is 1.82. The first-order valence-corrected chi connectivity index (χ1v) is 8.95. The molecule has 3 rings (SSSR count). The average molecular weight is 418 g/mol. The van der Waals surface area contributed by atoms with Crippen molar-refractivity contribution in [3.63, 3.8) is 0 Å².